The van der Waals surface area contributed by atoms with Crippen LogP contribution in [0.15, 0.2) is 0 Å². The highest BCUT2D eigenvalue weighted by Crippen LogP contribution is 2.32. The molecule has 0 bridgehead atoms. The van der Waals surface area contributed by atoms with Crippen LogP contribution in [-0.2, 0) is 9.53 Å². The SMILES string of the molecule is CCOC(C)C(=O)NC(CN)C1CC1. The molecular weight excluding hydrogens is 180 g/mol. The maximum atomic E-state index is 11.5. The van der Waals surface area contributed by atoms with Crippen molar-refractivity contribution >= 4 is 5.91 Å². The predicted molar refractivity (Wildman–Crippen MR) is 54.8 cm³/mol. The molecule has 0 aliphatic heterocycles. The zero-order chi connectivity index (χ0) is 10.6. The fourth-order valence-electron chi connectivity index (χ4n) is 1.49. The molecule has 3 N–H and O–H groups in total. The molecule has 0 radical (unpaired) electrons. The molecule has 1 amide bonds. The van der Waals surface area contributed by atoms with Crippen LogP contribution in [-0.4, -0.2) is 31.2 Å². The van der Waals surface area contributed by atoms with Crippen molar-refractivity contribution in [3.05, 3.63) is 0 Å². The summed E-state index contributed by atoms with van der Waals surface area (Å²) in [6.45, 7) is 4.73. The third-order valence-corrected chi connectivity index (χ3v) is 2.56. The Kier molecular flexibility index (Phi) is 4.35. The van der Waals surface area contributed by atoms with Crippen LogP contribution in [0.2, 0.25) is 0 Å². The van der Waals surface area contributed by atoms with Crippen molar-refractivity contribution in [2.45, 2.75) is 38.8 Å². The van der Waals surface area contributed by atoms with E-state index in [0.29, 0.717) is 19.1 Å². The summed E-state index contributed by atoms with van der Waals surface area (Å²) >= 11 is 0. The molecule has 1 saturated carbocycles. The number of hydrogen-bond acceptors (Lipinski definition) is 3. The van der Waals surface area contributed by atoms with Crippen LogP contribution in [0.3, 0.4) is 0 Å². The molecular formula is C10H20N2O2. The molecule has 0 aromatic rings. The van der Waals surface area contributed by atoms with Gasteiger partial charge >= 0.3 is 0 Å². The number of amides is 1. The summed E-state index contributed by atoms with van der Waals surface area (Å²) < 4.78 is 5.20. The summed E-state index contributed by atoms with van der Waals surface area (Å²) in [4.78, 5) is 11.5. The predicted octanol–water partition coefficient (Wildman–Crippen LogP) is 0.265. The number of carbonyl (C=O) groups excluding carboxylic acids is 1. The fourth-order valence-corrected chi connectivity index (χ4v) is 1.49. The molecule has 1 rings (SSSR count). The van der Waals surface area contributed by atoms with Gasteiger partial charge in [0.05, 0.1) is 0 Å². The summed E-state index contributed by atoms with van der Waals surface area (Å²) in [5.74, 6) is 0.548. The molecule has 0 saturated heterocycles. The maximum Gasteiger partial charge on any atom is 0.249 e. The molecule has 14 heavy (non-hydrogen) atoms. The minimum absolute atomic E-state index is 0.0470. The molecule has 4 nitrogen and oxygen atoms in total. The van der Waals surface area contributed by atoms with Gasteiger partial charge in [-0.25, -0.2) is 0 Å². The van der Waals surface area contributed by atoms with Crippen LogP contribution in [0.25, 0.3) is 0 Å². The van der Waals surface area contributed by atoms with Gasteiger partial charge in [-0.05, 0) is 32.6 Å². The number of rotatable bonds is 6. The minimum Gasteiger partial charge on any atom is -0.369 e. The highest BCUT2D eigenvalue weighted by atomic mass is 16.5. The summed E-state index contributed by atoms with van der Waals surface area (Å²) in [6, 6.07) is 0.144. The lowest BCUT2D eigenvalue weighted by Gasteiger charge is -2.19. The quantitative estimate of drug-likeness (QED) is 0.646. The molecule has 1 aliphatic rings. The van der Waals surface area contributed by atoms with Crippen molar-refractivity contribution in [2.75, 3.05) is 13.2 Å². The lowest BCUT2D eigenvalue weighted by atomic mass is 10.2. The second-order valence-electron chi connectivity index (χ2n) is 3.79. The first-order valence-electron chi connectivity index (χ1n) is 5.31. The molecule has 2 unspecified atom stereocenters. The van der Waals surface area contributed by atoms with Crippen molar-refractivity contribution in [2.24, 2.45) is 11.7 Å². The van der Waals surface area contributed by atoms with Crippen LogP contribution in [0.1, 0.15) is 26.7 Å². The third-order valence-electron chi connectivity index (χ3n) is 2.56. The van der Waals surface area contributed by atoms with E-state index in [-0.39, 0.29) is 18.1 Å². The van der Waals surface area contributed by atoms with E-state index in [9.17, 15) is 4.79 Å². The number of carbonyl (C=O) groups is 1. The van der Waals surface area contributed by atoms with E-state index in [1.807, 2.05) is 6.92 Å². The fraction of sp³-hybridized carbons (Fsp3) is 0.900. The number of ether oxygens (including phenoxy) is 1. The maximum absolute atomic E-state index is 11.5. The molecule has 1 fully saturated rings. The summed E-state index contributed by atoms with van der Waals surface area (Å²) in [5.41, 5.74) is 5.58. The van der Waals surface area contributed by atoms with E-state index in [4.69, 9.17) is 10.5 Å². The Morgan fingerprint density at radius 1 is 1.64 bits per heavy atom. The van der Waals surface area contributed by atoms with Gasteiger partial charge in [0.2, 0.25) is 5.91 Å². The van der Waals surface area contributed by atoms with E-state index >= 15 is 0 Å². The molecule has 2 atom stereocenters. The van der Waals surface area contributed by atoms with Gasteiger partial charge in [-0.3, -0.25) is 4.79 Å². The second-order valence-corrected chi connectivity index (χ2v) is 3.79. The average Bonchev–Trinajstić information content (AvgIpc) is 2.97. The van der Waals surface area contributed by atoms with Gasteiger partial charge in [-0.2, -0.15) is 0 Å². The zero-order valence-corrected chi connectivity index (χ0v) is 8.95. The van der Waals surface area contributed by atoms with Gasteiger partial charge in [0, 0.05) is 19.2 Å². The summed E-state index contributed by atoms with van der Waals surface area (Å²) in [7, 11) is 0. The first-order chi connectivity index (χ1) is 6.69. The highest BCUT2D eigenvalue weighted by molar-refractivity contribution is 5.80. The minimum atomic E-state index is -0.368. The first kappa shape index (κ1) is 11.5. The number of hydrogen-bond donors (Lipinski definition) is 2. The van der Waals surface area contributed by atoms with E-state index in [2.05, 4.69) is 5.32 Å². The van der Waals surface area contributed by atoms with Crippen LogP contribution in [0.4, 0.5) is 0 Å². The van der Waals surface area contributed by atoms with Crippen molar-refractivity contribution in [3.63, 3.8) is 0 Å². The third kappa shape index (κ3) is 3.27. The van der Waals surface area contributed by atoms with Crippen molar-refractivity contribution < 1.29 is 9.53 Å². The van der Waals surface area contributed by atoms with Crippen molar-refractivity contribution in [3.8, 4) is 0 Å². The number of nitrogens with two attached hydrogens (primary N) is 1. The number of nitrogens with one attached hydrogen (secondary N) is 1. The largest absolute Gasteiger partial charge is 0.369 e. The van der Waals surface area contributed by atoms with Crippen molar-refractivity contribution in [1.29, 1.82) is 0 Å². The van der Waals surface area contributed by atoms with Gasteiger partial charge in [-0.15, -0.1) is 0 Å². The molecule has 1 aliphatic carbocycles. The van der Waals surface area contributed by atoms with E-state index in [0.717, 1.165) is 0 Å². The molecule has 0 aromatic heterocycles. The Labute approximate surface area is 85.2 Å². The van der Waals surface area contributed by atoms with Gasteiger partial charge in [0.25, 0.3) is 0 Å². The Morgan fingerprint density at radius 3 is 2.71 bits per heavy atom. The molecule has 0 aromatic carbocycles. The van der Waals surface area contributed by atoms with Crippen LogP contribution in [0, 0.1) is 5.92 Å². The van der Waals surface area contributed by atoms with Crippen LogP contribution < -0.4 is 11.1 Å². The van der Waals surface area contributed by atoms with Gasteiger partial charge in [0.1, 0.15) is 6.10 Å². The Hall–Kier alpha value is -0.610. The van der Waals surface area contributed by atoms with Crippen LogP contribution >= 0.6 is 0 Å². The summed E-state index contributed by atoms with van der Waals surface area (Å²) in [6.07, 6.45) is 2.00. The highest BCUT2D eigenvalue weighted by Gasteiger charge is 2.32. The average molecular weight is 200 g/mol. The molecule has 0 heterocycles. The first-order valence-corrected chi connectivity index (χ1v) is 5.31. The van der Waals surface area contributed by atoms with E-state index in [1.54, 1.807) is 6.92 Å². The Balaban J connectivity index is 2.29. The van der Waals surface area contributed by atoms with Crippen LogP contribution in [0.5, 0.6) is 0 Å². The van der Waals surface area contributed by atoms with E-state index < -0.39 is 0 Å². The Morgan fingerprint density at radius 2 is 2.29 bits per heavy atom. The normalized spacial score (nSPS) is 20.2. The second kappa shape index (κ2) is 5.32. The van der Waals surface area contributed by atoms with Gasteiger partial charge in [0.15, 0.2) is 0 Å². The van der Waals surface area contributed by atoms with Crippen molar-refractivity contribution in [1.82, 2.24) is 5.32 Å². The lowest BCUT2D eigenvalue weighted by molar-refractivity contribution is -0.132. The topological polar surface area (TPSA) is 64.3 Å². The van der Waals surface area contributed by atoms with E-state index in [1.165, 1.54) is 12.8 Å². The van der Waals surface area contributed by atoms with Gasteiger partial charge in [-0.1, -0.05) is 0 Å². The zero-order valence-electron chi connectivity index (χ0n) is 8.95. The molecule has 0 spiro atoms. The van der Waals surface area contributed by atoms with Gasteiger partial charge < -0.3 is 15.8 Å². The monoisotopic (exact) mass is 200 g/mol. The molecule has 82 valence electrons. The smallest absolute Gasteiger partial charge is 0.249 e. The molecule has 4 heteroatoms. The Bertz CT molecular complexity index is 193. The standard InChI is InChI=1S/C10H20N2O2/c1-3-14-7(2)10(13)12-9(6-11)8-4-5-8/h7-9H,3-6,11H2,1-2H3,(H,12,13). The lowest BCUT2D eigenvalue weighted by Crippen LogP contribution is -2.46. The summed E-state index contributed by atoms with van der Waals surface area (Å²) in [5, 5.41) is 2.92.